The van der Waals surface area contributed by atoms with Crippen LogP contribution in [0.25, 0.3) is 0 Å². The first kappa shape index (κ1) is 29.0. The average molecular weight is 582 g/mol. The third-order valence-electron chi connectivity index (χ3n) is 9.48. The van der Waals surface area contributed by atoms with Crippen LogP contribution >= 0.6 is 0 Å². The minimum Gasteiger partial charge on any atom is -0.469 e. The Morgan fingerprint density at radius 3 is 2.40 bits per heavy atom. The van der Waals surface area contributed by atoms with Gasteiger partial charge >= 0.3 is 5.97 Å². The first-order valence-electron chi connectivity index (χ1n) is 14.9. The monoisotopic (exact) mass is 581 g/mol. The van der Waals surface area contributed by atoms with Gasteiger partial charge in [-0.05, 0) is 74.1 Å². The molecule has 5 aliphatic heterocycles. The van der Waals surface area contributed by atoms with E-state index in [0.717, 1.165) is 91.2 Å². The van der Waals surface area contributed by atoms with Crippen LogP contribution in [0.3, 0.4) is 0 Å². The molecule has 1 saturated heterocycles. The molecule has 0 aromatic rings. The molecule has 0 aromatic carbocycles. The number of carbonyl (C=O) groups is 1. The van der Waals surface area contributed by atoms with Gasteiger partial charge in [-0.15, -0.1) is 0 Å². The second-order valence-corrected chi connectivity index (χ2v) is 11.7. The Labute approximate surface area is 252 Å². The SMILES string of the molecule is CCC1=C(C)C2=NC1=CC1=C(C)C3=C(NOC)CC(=C4NC(=CC5=NC(=C2)C(CO)=C5C)[C@@H](C)[C@@H]4CCC(=O)OC)C3=N1. The molecule has 0 unspecified atom stereocenters. The Kier molecular flexibility index (Phi) is 7.56. The number of aliphatic hydroxyl groups excluding tert-OH is 1. The average Bonchev–Trinajstić information content (AvgIpc) is 3.74. The molecule has 2 atom stereocenters. The smallest absolute Gasteiger partial charge is 0.305 e. The predicted octanol–water partition coefficient (Wildman–Crippen LogP) is 5.20. The molecule has 8 bridgehead atoms. The third kappa shape index (κ3) is 4.71. The number of aliphatic imine (C=N–C) groups is 3. The van der Waals surface area contributed by atoms with E-state index in [1.54, 1.807) is 7.11 Å². The van der Waals surface area contributed by atoms with Crippen molar-refractivity contribution in [2.75, 3.05) is 20.8 Å². The van der Waals surface area contributed by atoms with E-state index in [1.165, 1.54) is 12.7 Å². The minimum absolute atomic E-state index is 0.0436. The van der Waals surface area contributed by atoms with Crippen LogP contribution in [0.1, 0.15) is 60.3 Å². The fourth-order valence-electron chi connectivity index (χ4n) is 6.97. The van der Waals surface area contributed by atoms with E-state index in [0.29, 0.717) is 19.3 Å². The predicted molar refractivity (Wildman–Crippen MR) is 168 cm³/mol. The Bertz CT molecular complexity index is 1690. The fourth-order valence-corrected chi connectivity index (χ4v) is 6.97. The van der Waals surface area contributed by atoms with Crippen molar-refractivity contribution in [2.24, 2.45) is 26.8 Å². The lowest BCUT2D eigenvalue weighted by atomic mass is 9.86. The van der Waals surface area contributed by atoms with Crippen molar-refractivity contribution < 1.29 is 19.5 Å². The zero-order valence-electron chi connectivity index (χ0n) is 25.9. The molecule has 3 N–H and O–H groups in total. The van der Waals surface area contributed by atoms with Crippen LogP contribution in [0.2, 0.25) is 0 Å². The molecule has 1 fully saturated rings. The maximum Gasteiger partial charge on any atom is 0.305 e. The summed E-state index contributed by atoms with van der Waals surface area (Å²) in [5.41, 5.74) is 18.5. The third-order valence-corrected chi connectivity index (χ3v) is 9.48. The van der Waals surface area contributed by atoms with E-state index >= 15 is 0 Å². The highest BCUT2D eigenvalue weighted by molar-refractivity contribution is 6.21. The number of rotatable bonds is 7. The number of esters is 1. The van der Waals surface area contributed by atoms with Crippen molar-refractivity contribution in [3.63, 3.8) is 0 Å². The lowest BCUT2D eigenvalue weighted by molar-refractivity contribution is -0.140. The number of carbonyl (C=O) groups excluding carboxylic acids is 1. The number of hydrogen-bond acceptors (Lipinski definition) is 9. The van der Waals surface area contributed by atoms with Gasteiger partial charge in [0.15, 0.2) is 0 Å². The van der Waals surface area contributed by atoms with Crippen LogP contribution < -0.4 is 10.8 Å². The highest BCUT2D eigenvalue weighted by Gasteiger charge is 2.41. The van der Waals surface area contributed by atoms with Crippen molar-refractivity contribution in [2.45, 2.75) is 60.3 Å². The van der Waals surface area contributed by atoms with E-state index < -0.39 is 0 Å². The number of allylic oxidation sites excluding steroid dienone is 11. The number of hydroxylamine groups is 1. The summed E-state index contributed by atoms with van der Waals surface area (Å²) in [6, 6.07) is 0. The van der Waals surface area contributed by atoms with Crippen LogP contribution in [0, 0.1) is 11.8 Å². The molecular weight excluding hydrogens is 542 g/mol. The summed E-state index contributed by atoms with van der Waals surface area (Å²) in [5.74, 6) is -0.0964. The highest BCUT2D eigenvalue weighted by atomic mass is 16.6. The molecule has 6 rings (SSSR count). The molecule has 224 valence electrons. The van der Waals surface area contributed by atoms with Crippen LogP contribution in [-0.4, -0.2) is 49.0 Å². The molecule has 0 saturated carbocycles. The van der Waals surface area contributed by atoms with Gasteiger partial charge in [-0.25, -0.2) is 15.0 Å². The van der Waals surface area contributed by atoms with Crippen molar-refractivity contribution in [1.29, 1.82) is 0 Å². The quantitative estimate of drug-likeness (QED) is 0.281. The molecule has 9 heteroatoms. The molecule has 0 aromatic heterocycles. The highest BCUT2D eigenvalue weighted by Crippen LogP contribution is 2.46. The number of nitrogens with one attached hydrogen (secondary N) is 2. The van der Waals surface area contributed by atoms with E-state index in [2.05, 4.69) is 50.6 Å². The van der Waals surface area contributed by atoms with Gasteiger partial charge in [0.2, 0.25) is 0 Å². The van der Waals surface area contributed by atoms with E-state index in [9.17, 15) is 9.90 Å². The summed E-state index contributed by atoms with van der Waals surface area (Å²) in [4.78, 5) is 32.9. The summed E-state index contributed by atoms with van der Waals surface area (Å²) < 4.78 is 5.00. The summed E-state index contributed by atoms with van der Waals surface area (Å²) in [6.07, 6.45) is 8.57. The van der Waals surface area contributed by atoms with E-state index in [-0.39, 0.29) is 24.4 Å². The summed E-state index contributed by atoms with van der Waals surface area (Å²) in [7, 11) is 3.05. The van der Waals surface area contributed by atoms with Crippen LogP contribution in [0.5, 0.6) is 0 Å². The fraction of sp³-hybridized carbons (Fsp3) is 0.412. The Hall–Kier alpha value is -4.08. The topological polar surface area (TPSA) is 117 Å². The van der Waals surface area contributed by atoms with Crippen molar-refractivity contribution in [3.8, 4) is 0 Å². The minimum atomic E-state index is -0.225. The summed E-state index contributed by atoms with van der Waals surface area (Å²) >= 11 is 0. The molecule has 0 spiro atoms. The summed E-state index contributed by atoms with van der Waals surface area (Å²) in [5, 5.41) is 14.1. The zero-order valence-corrected chi connectivity index (χ0v) is 25.9. The van der Waals surface area contributed by atoms with Gasteiger partial charge in [0.1, 0.15) is 0 Å². The second-order valence-electron chi connectivity index (χ2n) is 11.7. The maximum atomic E-state index is 12.3. The second kappa shape index (κ2) is 11.2. The van der Waals surface area contributed by atoms with Gasteiger partial charge in [-0.3, -0.25) is 15.1 Å². The molecule has 1 aliphatic carbocycles. The van der Waals surface area contributed by atoms with E-state index in [1.807, 2.05) is 13.0 Å². The normalized spacial score (nSPS) is 24.4. The lowest BCUT2D eigenvalue weighted by Gasteiger charge is -2.17. The molecular formula is C34H39N5O4. The van der Waals surface area contributed by atoms with Gasteiger partial charge < -0.3 is 15.2 Å². The van der Waals surface area contributed by atoms with Gasteiger partial charge in [-0.1, -0.05) is 13.8 Å². The van der Waals surface area contributed by atoms with Crippen molar-refractivity contribution >= 4 is 23.1 Å². The number of fused-ring (bicyclic) bond motifs is 5. The van der Waals surface area contributed by atoms with Gasteiger partial charge in [-0.2, -0.15) is 0 Å². The molecule has 43 heavy (non-hydrogen) atoms. The van der Waals surface area contributed by atoms with Crippen molar-refractivity contribution in [1.82, 2.24) is 10.8 Å². The van der Waals surface area contributed by atoms with Crippen molar-refractivity contribution in [3.05, 3.63) is 91.4 Å². The zero-order chi connectivity index (χ0) is 30.6. The molecule has 9 nitrogen and oxygen atoms in total. The standard InChI is InChI=1S/C34H39N5O4/c1-8-20-16(2)25-13-29-23(15-40)18(4)24(36-29)12-26-17(3)21(9-10-31(41)42-6)33(37-26)22-11-30(39-43-7)32-19(5)27(38-34(22)32)14-28(20)35-25/h12-14,17,21,37,39-40H,8-11,15H2,1-7H3/t17-,21-/m0/s1. The molecule has 0 radical (unpaired) electrons. The lowest BCUT2D eigenvalue weighted by Crippen LogP contribution is -2.16. The first-order chi connectivity index (χ1) is 20.7. The molecule has 0 amide bonds. The van der Waals surface area contributed by atoms with Gasteiger partial charge in [0.05, 0.1) is 60.7 Å². The number of methoxy groups -OCH3 is 1. The Morgan fingerprint density at radius 2 is 1.72 bits per heavy atom. The number of ether oxygens (including phenoxy) is 1. The summed E-state index contributed by atoms with van der Waals surface area (Å²) in [6.45, 7) is 10.4. The van der Waals surface area contributed by atoms with Crippen LogP contribution in [0.4, 0.5) is 0 Å². The van der Waals surface area contributed by atoms with Gasteiger partial charge in [0.25, 0.3) is 0 Å². The number of aliphatic hydroxyl groups is 1. The molecule has 5 heterocycles. The van der Waals surface area contributed by atoms with Gasteiger partial charge in [0, 0.05) is 52.8 Å². The largest absolute Gasteiger partial charge is 0.469 e. The maximum absolute atomic E-state index is 12.3. The number of hydrogen-bond donors (Lipinski definition) is 3. The van der Waals surface area contributed by atoms with Crippen LogP contribution in [-0.2, 0) is 14.4 Å². The van der Waals surface area contributed by atoms with Crippen LogP contribution in [0.15, 0.2) is 106 Å². The Balaban J connectivity index is 1.60. The Morgan fingerprint density at radius 1 is 1.02 bits per heavy atom. The number of nitrogens with zero attached hydrogens (tertiary/aromatic N) is 3. The van der Waals surface area contributed by atoms with E-state index in [4.69, 9.17) is 24.6 Å². The molecule has 6 aliphatic rings. The first-order valence-corrected chi connectivity index (χ1v) is 14.9.